The molecule has 0 radical (unpaired) electrons. The number of nitrogens with zero attached hydrogens (tertiary/aromatic N) is 2. The normalized spacial score (nSPS) is 11.9. The average molecular weight is 473 g/mol. The number of carbonyl (C=O) groups excluding carboxylic acids is 1. The fourth-order valence-electron chi connectivity index (χ4n) is 4.04. The van der Waals surface area contributed by atoms with Gasteiger partial charge < -0.3 is 28.8 Å². The van der Waals surface area contributed by atoms with Gasteiger partial charge in [0.25, 0.3) is 11.5 Å². The highest BCUT2D eigenvalue weighted by molar-refractivity contribution is 5.94. The van der Waals surface area contributed by atoms with Gasteiger partial charge in [0.05, 0.1) is 26.3 Å². The molecule has 0 unspecified atom stereocenters. The Bertz CT molecular complexity index is 1450. The molecule has 178 valence electrons. The summed E-state index contributed by atoms with van der Waals surface area (Å²) in [5, 5.41) is 0.761. The number of methoxy groups -OCH3 is 2. The first-order valence-electron chi connectivity index (χ1n) is 10.9. The van der Waals surface area contributed by atoms with Gasteiger partial charge in [-0.1, -0.05) is 6.07 Å². The number of aromatic nitrogens is 2. The number of amides is 1. The predicted octanol–water partition coefficient (Wildman–Crippen LogP) is 3.51. The molecule has 2 aromatic heterocycles. The van der Waals surface area contributed by atoms with E-state index in [2.05, 4.69) is 9.97 Å². The quantitative estimate of drug-likeness (QED) is 0.438. The van der Waals surface area contributed by atoms with Crippen LogP contribution in [0.3, 0.4) is 0 Å². The molecule has 1 N–H and O–H groups in total. The average Bonchev–Trinajstić information content (AvgIpc) is 3.36. The molecule has 0 bridgehead atoms. The van der Waals surface area contributed by atoms with Gasteiger partial charge in [-0.15, -0.1) is 0 Å². The summed E-state index contributed by atoms with van der Waals surface area (Å²) < 4.78 is 21.6. The molecule has 35 heavy (non-hydrogen) atoms. The Kier molecular flexibility index (Phi) is 5.97. The molecule has 0 aliphatic carbocycles. The van der Waals surface area contributed by atoms with Crippen molar-refractivity contribution in [1.82, 2.24) is 14.9 Å². The van der Waals surface area contributed by atoms with Crippen LogP contribution in [-0.4, -0.2) is 41.8 Å². The molecule has 0 saturated heterocycles. The zero-order chi connectivity index (χ0) is 24.4. The first kappa shape index (κ1) is 22.3. The third-order valence-electron chi connectivity index (χ3n) is 5.81. The third-order valence-corrected chi connectivity index (χ3v) is 5.81. The minimum atomic E-state index is -0.289. The van der Waals surface area contributed by atoms with Gasteiger partial charge in [-0.25, -0.2) is 0 Å². The van der Waals surface area contributed by atoms with E-state index in [1.165, 1.54) is 7.11 Å². The molecule has 0 fully saturated rings. The summed E-state index contributed by atoms with van der Waals surface area (Å²) in [4.78, 5) is 34.9. The van der Waals surface area contributed by atoms with E-state index in [-0.39, 0.29) is 31.3 Å². The number of aromatic amines is 1. The molecule has 1 aliphatic heterocycles. The molecule has 4 aromatic rings. The van der Waals surface area contributed by atoms with E-state index in [1.807, 2.05) is 18.2 Å². The second-order valence-corrected chi connectivity index (χ2v) is 8.00. The lowest BCUT2D eigenvalue weighted by Crippen LogP contribution is -2.32. The van der Waals surface area contributed by atoms with Crippen LogP contribution in [0.2, 0.25) is 0 Å². The van der Waals surface area contributed by atoms with Crippen molar-refractivity contribution in [2.75, 3.05) is 21.0 Å². The van der Waals surface area contributed by atoms with Crippen LogP contribution < -0.4 is 24.5 Å². The molecule has 9 heteroatoms. The Hall–Kier alpha value is -4.53. The summed E-state index contributed by atoms with van der Waals surface area (Å²) in [6.45, 7) is 0.523. The van der Waals surface area contributed by atoms with E-state index in [9.17, 15) is 9.59 Å². The smallest absolute Gasteiger partial charge is 0.254 e. The Labute approximate surface area is 200 Å². The number of hydrogen-bond donors (Lipinski definition) is 1. The van der Waals surface area contributed by atoms with Crippen LogP contribution in [0.4, 0.5) is 0 Å². The number of ether oxygens (including phenoxy) is 4. The van der Waals surface area contributed by atoms with Gasteiger partial charge in [0.2, 0.25) is 6.79 Å². The largest absolute Gasteiger partial charge is 0.493 e. The second-order valence-electron chi connectivity index (χ2n) is 8.00. The van der Waals surface area contributed by atoms with Crippen molar-refractivity contribution in [1.29, 1.82) is 0 Å². The van der Waals surface area contributed by atoms with Gasteiger partial charge in [0.15, 0.2) is 23.0 Å². The number of hydrogen-bond acceptors (Lipinski definition) is 7. The van der Waals surface area contributed by atoms with Crippen LogP contribution >= 0.6 is 0 Å². The SMILES string of the molecule is COc1cc2cc(CN(Cc3ccc4c(c3)OCO4)C(=O)c3ccncc3)c(=O)[nH]c2cc1OC. The van der Waals surface area contributed by atoms with Crippen LogP contribution in [-0.2, 0) is 13.1 Å². The maximum absolute atomic E-state index is 13.4. The lowest BCUT2D eigenvalue weighted by atomic mass is 10.1. The van der Waals surface area contributed by atoms with Crippen LogP contribution in [0.15, 0.2) is 65.7 Å². The number of rotatable bonds is 7. The van der Waals surface area contributed by atoms with Crippen molar-refractivity contribution in [3.8, 4) is 23.0 Å². The monoisotopic (exact) mass is 473 g/mol. The van der Waals surface area contributed by atoms with E-state index in [4.69, 9.17) is 18.9 Å². The van der Waals surface area contributed by atoms with Gasteiger partial charge in [-0.3, -0.25) is 14.6 Å². The summed E-state index contributed by atoms with van der Waals surface area (Å²) in [5.41, 5.74) is 2.08. The molecule has 0 atom stereocenters. The van der Waals surface area contributed by atoms with E-state index in [0.29, 0.717) is 39.6 Å². The molecule has 2 aromatic carbocycles. The lowest BCUT2D eigenvalue weighted by Gasteiger charge is -2.23. The number of fused-ring (bicyclic) bond motifs is 2. The molecule has 1 amide bonds. The number of benzene rings is 2. The standard InChI is InChI=1S/C26H23N3O6/c1-32-22-11-18-10-19(25(30)28-20(18)12-23(22)33-2)14-29(26(31)17-5-7-27-8-6-17)13-16-3-4-21-24(9-16)35-15-34-21/h3-12H,13-15H2,1-2H3,(H,28,30). The first-order chi connectivity index (χ1) is 17.1. The second kappa shape index (κ2) is 9.38. The fourth-order valence-corrected chi connectivity index (χ4v) is 4.04. The maximum Gasteiger partial charge on any atom is 0.254 e. The topological polar surface area (TPSA) is 103 Å². The van der Waals surface area contributed by atoms with Crippen molar-refractivity contribution in [3.05, 3.63) is 88.0 Å². The van der Waals surface area contributed by atoms with Crippen LogP contribution in [0.1, 0.15) is 21.5 Å². The minimum Gasteiger partial charge on any atom is -0.493 e. The zero-order valence-corrected chi connectivity index (χ0v) is 19.2. The van der Waals surface area contributed by atoms with E-state index in [1.54, 1.807) is 54.7 Å². The zero-order valence-electron chi connectivity index (χ0n) is 19.2. The molecule has 0 spiro atoms. The molecule has 9 nitrogen and oxygen atoms in total. The van der Waals surface area contributed by atoms with E-state index < -0.39 is 0 Å². The third kappa shape index (κ3) is 4.48. The van der Waals surface area contributed by atoms with Gasteiger partial charge >= 0.3 is 0 Å². The number of pyridine rings is 2. The number of carbonyl (C=O) groups is 1. The Morgan fingerprint density at radius 3 is 2.49 bits per heavy atom. The predicted molar refractivity (Wildman–Crippen MR) is 128 cm³/mol. The highest BCUT2D eigenvalue weighted by Crippen LogP contribution is 2.33. The minimum absolute atomic E-state index is 0.0925. The molecule has 3 heterocycles. The van der Waals surface area contributed by atoms with Crippen molar-refractivity contribution in [2.24, 2.45) is 0 Å². The van der Waals surface area contributed by atoms with Crippen molar-refractivity contribution in [3.63, 3.8) is 0 Å². The first-order valence-corrected chi connectivity index (χ1v) is 10.9. The summed E-state index contributed by atoms with van der Waals surface area (Å²) in [6, 6.07) is 14.1. The van der Waals surface area contributed by atoms with E-state index in [0.717, 1.165) is 10.9 Å². The summed E-state index contributed by atoms with van der Waals surface area (Å²) in [6.07, 6.45) is 3.13. The number of nitrogens with one attached hydrogen (secondary N) is 1. The Morgan fingerprint density at radius 2 is 1.71 bits per heavy atom. The number of H-pyrrole nitrogens is 1. The molecule has 1 aliphatic rings. The maximum atomic E-state index is 13.4. The summed E-state index contributed by atoms with van der Waals surface area (Å²) >= 11 is 0. The van der Waals surface area contributed by atoms with Gasteiger partial charge in [0.1, 0.15) is 0 Å². The van der Waals surface area contributed by atoms with Crippen LogP contribution in [0, 0.1) is 0 Å². The Morgan fingerprint density at radius 1 is 0.971 bits per heavy atom. The van der Waals surface area contributed by atoms with Gasteiger partial charge in [0, 0.05) is 41.5 Å². The van der Waals surface area contributed by atoms with E-state index >= 15 is 0 Å². The van der Waals surface area contributed by atoms with Gasteiger partial charge in [-0.2, -0.15) is 0 Å². The van der Waals surface area contributed by atoms with Crippen molar-refractivity contribution >= 4 is 16.8 Å². The molecule has 5 rings (SSSR count). The highest BCUT2D eigenvalue weighted by Gasteiger charge is 2.21. The molecular weight excluding hydrogens is 450 g/mol. The van der Waals surface area contributed by atoms with Crippen LogP contribution in [0.25, 0.3) is 10.9 Å². The Balaban J connectivity index is 1.51. The molecular formula is C26H23N3O6. The lowest BCUT2D eigenvalue weighted by molar-refractivity contribution is 0.0729. The molecule has 0 saturated carbocycles. The van der Waals surface area contributed by atoms with Crippen molar-refractivity contribution in [2.45, 2.75) is 13.1 Å². The van der Waals surface area contributed by atoms with Crippen molar-refractivity contribution < 1.29 is 23.7 Å². The fraction of sp³-hybridized carbons (Fsp3) is 0.192. The van der Waals surface area contributed by atoms with Crippen LogP contribution in [0.5, 0.6) is 23.0 Å². The summed E-state index contributed by atoms with van der Waals surface area (Å²) in [5.74, 6) is 2.13. The summed E-state index contributed by atoms with van der Waals surface area (Å²) in [7, 11) is 3.09. The van der Waals surface area contributed by atoms with Gasteiger partial charge in [-0.05, 0) is 42.0 Å². The highest BCUT2D eigenvalue weighted by atomic mass is 16.7.